The van der Waals surface area contributed by atoms with Crippen molar-refractivity contribution in [1.82, 2.24) is 68.6 Å². The van der Waals surface area contributed by atoms with Gasteiger partial charge in [0.2, 0.25) is 29.5 Å². The van der Waals surface area contributed by atoms with E-state index in [0.717, 1.165) is 198 Å². The highest BCUT2D eigenvalue weighted by Gasteiger charge is 2.38. The molecule has 22 heteroatoms. The summed E-state index contributed by atoms with van der Waals surface area (Å²) in [5.41, 5.74) is 5.79. The van der Waals surface area contributed by atoms with E-state index in [-0.39, 0.29) is 53.6 Å². The molecule has 0 N–H and O–H groups in total. The number of carbonyl (C=O) groups is 5. The molecule has 7 fully saturated rings. The molecule has 5 aromatic rings. The second-order valence-electron chi connectivity index (χ2n) is 32.6. The minimum Gasteiger partial charge on any atom is -0.379 e. The molecular weight excluding hydrogens is 1420 g/mol. The quantitative estimate of drug-likeness (QED) is 0.0681. The molecule has 7 aliphatic rings. The van der Waals surface area contributed by atoms with E-state index >= 15 is 0 Å². The number of nitrogens with zero attached hydrogens (tertiary/aromatic N) is 15. The Kier molecular flexibility index (Phi) is 37.7. The van der Waals surface area contributed by atoms with Gasteiger partial charge in [0, 0.05) is 174 Å². The number of likely N-dealkylation sites (N-methyl/N-ethyl adjacent to an activating group) is 2. The molecule has 21 nitrogen and oxygen atoms in total. The summed E-state index contributed by atoms with van der Waals surface area (Å²) in [6, 6.07) is 48.2. The Morgan fingerprint density at radius 1 is 0.372 bits per heavy atom. The van der Waals surface area contributed by atoms with Crippen LogP contribution in [0.5, 0.6) is 0 Å². The monoisotopic (exact) mass is 1560 g/mol. The van der Waals surface area contributed by atoms with Crippen molar-refractivity contribution in [2.45, 2.75) is 163 Å². The van der Waals surface area contributed by atoms with Crippen molar-refractivity contribution in [2.24, 2.45) is 0 Å². The van der Waals surface area contributed by atoms with E-state index in [1.54, 1.807) is 24.3 Å². The number of hydrogen-bond acceptors (Lipinski definition) is 16. The van der Waals surface area contributed by atoms with Crippen molar-refractivity contribution >= 4 is 29.5 Å². The van der Waals surface area contributed by atoms with Crippen LogP contribution in [-0.2, 0) is 35.1 Å². The van der Waals surface area contributed by atoms with Gasteiger partial charge in [0.25, 0.3) is 0 Å². The van der Waals surface area contributed by atoms with Crippen LogP contribution in [0.1, 0.15) is 160 Å². The summed E-state index contributed by atoms with van der Waals surface area (Å²) in [5, 5.41) is 8.75. The van der Waals surface area contributed by atoms with Gasteiger partial charge in [-0.05, 0) is 174 Å². The predicted octanol–water partition coefficient (Wildman–Crippen LogP) is 10.6. The molecule has 0 bridgehead atoms. The highest BCUT2D eigenvalue weighted by molar-refractivity contribution is 5.85. The van der Waals surface area contributed by atoms with Crippen LogP contribution in [0, 0.1) is 17.1 Å². The second kappa shape index (κ2) is 46.9. The molecule has 7 heterocycles. The van der Waals surface area contributed by atoms with Gasteiger partial charge in [-0.1, -0.05) is 136 Å². The fourth-order valence-corrected chi connectivity index (χ4v) is 16.3. The summed E-state index contributed by atoms with van der Waals surface area (Å²) in [6.45, 7) is 51.0. The average Bonchev–Trinajstić information content (AvgIpc) is 0.825. The molecule has 5 aromatic carbocycles. The van der Waals surface area contributed by atoms with Gasteiger partial charge in [-0.2, -0.15) is 5.26 Å². The fraction of sp³-hybridized carbons (Fsp3) is 0.604. The highest BCUT2D eigenvalue weighted by atomic mass is 19.1. The lowest BCUT2D eigenvalue weighted by atomic mass is 10.00. The minimum atomic E-state index is -0.355. The lowest BCUT2D eigenvalue weighted by Crippen LogP contribution is -2.54. The third-order valence-corrected chi connectivity index (χ3v) is 23.6. The molecule has 7 saturated heterocycles. The van der Waals surface area contributed by atoms with E-state index in [9.17, 15) is 28.4 Å². The van der Waals surface area contributed by atoms with Crippen molar-refractivity contribution in [3.8, 4) is 6.07 Å². The first-order valence-corrected chi connectivity index (χ1v) is 42.4. The van der Waals surface area contributed by atoms with E-state index in [0.29, 0.717) is 61.3 Å². The first-order valence-electron chi connectivity index (χ1n) is 42.4. The van der Waals surface area contributed by atoms with Crippen LogP contribution < -0.4 is 0 Å². The van der Waals surface area contributed by atoms with E-state index < -0.39 is 0 Å². The predicted molar refractivity (Wildman–Crippen MR) is 452 cm³/mol. The van der Waals surface area contributed by atoms with Crippen LogP contribution in [0.2, 0.25) is 0 Å². The lowest BCUT2D eigenvalue weighted by molar-refractivity contribution is -0.141. The maximum atomic E-state index is 13.3. The average molecular weight is 1560 g/mol. The largest absolute Gasteiger partial charge is 0.379 e. The molecule has 113 heavy (non-hydrogen) atoms. The van der Waals surface area contributed by atoms with E-state index in [2.05, 4.69) is 187 Å². The number of rotatable bonds is 21. The van der Waals surface area contributed by atoms with Crippen LogP contribution in [0.4, 0.5) is 4.39 Å². The van der Waals surface area contributed by atoms with E-state index in [1.807, 2.05) is 88.3 Å². The normalized spacial score (nSPS) is 19.3. The third kappa shape index (κ3) is 27.3. The highest BCUT2D eigenvalue weighted by Crippen LogP contribution is 2.31. The Labute approximate surface area is 678 Å². The van der Waals surface area contributed by atoms with Crippen molar-refractivity contribution in [2.75, 3.05) is 197 Å². The van der Waals surface area contributed by atoms with Gasteiger partial charge in [0.1, 0.15) is 30.0 Å². The Balaban J connectivity index is 0.000000177. The number of piperidine rings is 1. The summed E-state index contributed by atoms with van der Waals surface area (Å²) in [4.78, 5) is 95.9. The van der Waals surface area contributed by atoms with Crippen molar-refractivity contribution < 1.29 is 33.1 Å². The van der Waals surface area contributed by atoms with Gasteiger partial charge in [-0.15, -0.1) is 0 Å². The smallest absolute Gasteiger partial charge is 0.244 e. The maximum absolute atomic E-state index is 13.3. The zero-order chi connectivity index (χ0) is 81.5. The number of ether oxygens (including phenoxy) is 1. The number of piperazine rings is 5. The second-order valence-corrected chi connectivity index (χ2v) is 32.6. The Morgan fingerprint density at radius 2 is 0.690 bits per heavy atom. The molecular formula is C91H138FN15O6. The summed E-state index contributed by atoms with van der Waals surface area (Å²) in [5.74, 6) is 0.790. The number of amides is 5. The maximum Gasteiger partial charge on any atom is 0.244 e. The van der Waals surface area contributed by atoms with Crippen LogP contribution >= 0.6 is 0 Å². The number of halogens is 1. The molecule has 0 aromatic heterocycles. The summed E-state index contributed by atoms with van der Waals surface area (Å²) >= 11 is 0. The van der Waals surface area contributed by atoms with Crippen molar-refractivity contribution in [3.63, 3.8) is 0 Å². The summed E-state index contributed by atoms with van der Waals surface area (Å²) < 4.78 is 18.6. The van der Waals surface area contributed by atoms with E-state index in [4.69, 9.17) is 10.00 Å². The van der Waals surface area contributed by atoms with Crippen molar-refractivity contribution in [3.05, 3.63) is 179 Å². The standard InChI is InChI=1S/C20H31N3O.C19H29N3O2.C19H31N3O.C17H26FN3O.C16H21N3O/c1-17(2)21-13-15-23(16-14-21)20(24)19(18-9-5-3-6-10-18)22-11-7-4-8-12-22;1-16(2)20-8-10-22(11-9-20)19(23)18(17-6-4-3-5-7-17)21-12-14-24-15-13-21;1-5-20(6-2)18(17-10-8-7-9-11-17)19(23)22-14-12-21(13-15-22)16(3)4;1-13(2)20-9-11-21(12-10-20)17(22)16(19(3)4)14-5-7-15(18)8-6-14;1-13(2)18-7-9-19(10-8-18)16(20)11-14-3-5-15(12-17)6-4-14/h3,5-6,9-10,17,19H,4,7-8,11-16H2,1-2H3;3-7,16,18H,8-15H2,1-2H3;7-11,16,18H,5-6,12-15H2,1-4H3;5-8,13,16H,9-12H2,1-4H3;3-6,13H,7-11H2,1-2H3. The summed E-state index contributed by atoms with van der Waals surface area (Å²) in [7, 11) is 3.77. The van der Waals surface area contributed by atoms with Gasteiger partial charge in [0.05, 0.1) is 31.3 Å². The van der Waals surface area contributed by atoms with Crippen LogP contribution in [0.3, 0.4) is 0 Å². The zero-order valence-corrected chi connectivity index (χ0v) is 71.1. The van der Waals surface area contributed by atoms with E-state index in [1.165, 1.54) is 31.4 Å². The molecule has 620 valence electrons. The molecule has 0 spiro atoms. The molecule has 0 radical (unpaired) electrons. The number of benzene rings is 5. The van der Waals surface area contributed by atoms with Gasteiger partial charge >= 0.3 is 0 Å². The Morgan fingerprint density at radius 3 is 1.03 bits per heavy atom. The molecule has 0 aliphatic carbocycles. The Bertz CT molecular complexity index is 3510. The van der Waals surface area contributed by atoms with Gasteiger partial charge in [-0.25, -0.2) is 4.39 Å². The zero-order valence-electron chi connectivity index (χ0n) is 71.1. The molecule has 0 saturated carbocycles. The number of nitriles is 1. The topological polar surface area (TPSA) is 164 Å². The SMILES string of the molecule is CC(C)N1CCN(C(=O)C(c2ccc(F)cc2)N(C)C)CC1.CC(C)N1CCN(C(=O)C(c2ccccc2)N2CCCCC2)CC1.CC(C)N1CCN(C(=O)C(c2ccccc2)N2CCOCC2)CC1.CC(C)N1CCN(C(=O)Cc2ccc(C#N)cc2)CC1.CCN(CC)C(C(=O)N1CCN(C(C)C)CC1)c1ccccc1. The van der Waals surface area contributed by atoms with Crippen molar-refractivity contribution in [1.29, 1.82) is 5.26 Å². The minimum absolute atomic E-state index is 0.0972. The molecule has 4 unspecified atom stereocenters. The fourth-order valence-electron chi connectivity index (χ4n) is 16.3. The number of likely N-dealkylation sites (tertiary alicyclic amines) is 1. The first kappa shape index (κ1) is 91.0. The van der Waals surface area contributed by atoms with Gasteiger partial charge in [-0.3, -0.25) is 68.1 Å². The van der Waals surface area contributed by atoms with Gasteiger partial charge in [0.15, 0.2) is 0 Å². The number of hydrogen-bond donors (Lipinski definition) is 0. The summed E-state index contributed by atoms with van der Waals surface area (Å²) in [6.07, 6.45) is 4.13. The number of morpholine rings is 1. The van der Waals surface area contributed by atoms with Gasteiger partial charge < -0.3 is 29.2 Å². The third-order valence-electron chi connectivity index (χ3n) is 23.6. The molecule has 12 rings (SSSR count). The first-order chi connectivity index (χ1) is 54.4. The van der Waals surface area contributed by atoms with Crippen LogP contribution in [-0.4, -0.2) is 326 Å². The molecule has 5 amide bonds. The number of carbonyl (C=O) groups excluding carboxylic acids is 5. The van der Waals surface area contributed by atoms with Crippen LogP contribution in [0.25, 0.3) is 0 Å². The Hall–Kier alpha value is -7.53. The molecule has 7 aliphatic heterocycles. The lowest BCUT2D eigenvalue weighted by Gasteiger charge is -2.41. The molecule has 4 atom stereocenters. The van der Waals surface area contributed by atoms with Crippen LogP contribution in [0.15, 0.2) is 140 Å².